The number of rotatable bonds is 4. The van der Waals surface area contributed by atoms with Crippen molar-refractivity contribution in [1.29, 1.82) is 0 Å². The minimum atomic E-state index is 0.427. The molecule has 3 N–H and O–H groups in total. The highest BCUT2D eigenvalue weighted by Gasteiger charge is 2.25. The maximum atomic E-state index is 5.82. The minimum absolute atomic E-state index is 0.427. The first-order chi connectivity index (χ1) is 8.52. The maximum absolute atomic E-state index is 5.82. The Balaban J connectivity index is 2.10. The smallest absolute Gasteiger partial charge is 0.122 e. The number of nitrogens with two attached hydrogens (primary N) is 1. The second-order valence-electron chi connectivity index (χ2n) is 5.50. The fraction of sp³-hybridized carbons (Fsp3) is 0.600. The molecule has 3 nitrogen and oxygen atoms in total. The van der Waals surface area contributed by atoms with Gasteiger partial charge in [0.2, 0.25) is 0 Å². The van der Waals surface area contributed by atoms with Gasteiger partial charge >= 0.3 is 0 Å². The van der Waals surface area contributed by atoms with Gasteiger partial charge in [-0.15, -0.1) is 0 Å². The van der Waals surface area contributed by atoms with Gasteiger partial charge in [-0.05, 0) is 62.3 Å². The van der Waals surface area contributed by atoms with Crippen molar-refractivity contribution in [2.75, 3.05) is 19.0 Å². The van der Waals surface area contributed by atoms with Crippen molar-refractivity contribution in [3.63, 3.8) is 0 Å². The number of methoxy groups -OCH3 is 1. The summed E-state index contributed by atoms with van der Waals surface area (Å²) < 4.78 is 5.39. The van der Waals surface area contributed by atoms with Crippen LogP contribution in [0.3, 0.4) is 0 Å². The zero-order valence-corrected chi connectivity index (χ0v) is 11.8. The zero-order chi connectivity index (χ0) is 13.3. The Labute approximate surface area is 110 Å². The molecule has 1 fully saturated rings. The van der Waals surface area contributed by atoms with Gasteiger partial charge < -0.3 is 15.8 Å². The lowest BCUT2D eigenvalue weighted by Crippen LogP contribution is -2.39. The average Bonchev–Trinajstić information content (AvgIpc) is 2.31. The van der Waals surface area contributed by atoms with Crippen molar-refractivity contribution >= 4 is 5.69 Å². The molecule has 0 spiro atoms. The summed E-state index contributed by atoms with van der Waals surface area (Å²) in [6, 6.07) is 2.54. The van der Waals surface area contributed by atoms with Crippen molar-refractivity contribution in [1.82, 2.24) is 0 Å². The fourth-order valence-corrected chi connectivity index (χ4v) is 2.73. The predicted octanol–water partition coefficient (Wildman–Crippen LogP) is 2.77. The third-order valence-electron chi connectivity index (χ3n) is 4.11. The number of benzene rings is 1. The number of ether oxygens (including phenoxy) is 1. The number of hydrogen-bond acceptors (Lipinski definition) is 3. The summed E-state index contributed by atoms with van der Waals surface area (Å²) >= 11 is 0. The Kier molecular flexibility index (Phi) is 3.81. The van der Waals surface area contributed by atoms with Gasteiger partial charge in [0.25, 0.3) is 0 Å². The van der Waals surface area contributed by atoms with E-state index < -0.39 is 0 Å². The molecule has 0 bridgehead atoms. The van der Waals surface area contributed by atoms with Crippen molar-refractivity contribution in [2.45, 2.75) is 39.7 Å². The topological polar surface area (TPSA) is 47.3 Å². The van der Waals surface area contributed by atoms with Crippen LogP contribution in [0.1, 0.15) is 29.5 Å². The summed E-state index contributed by atoms with van der Waals surface area (Å²) in [5.74, 6) is 1.71. The lowest BCUT2D eigenvalue weighted by Gasteiger charge is -2.33. The molecule has 0 saturated heterocycles. The molecule has 0 amide bonds. The molecular weight excluding hydrogens is 224 g/mol. The Morgan fingerprint density at radius 3 is 2.50 bits per heavy atom. The largest absolute Gasteiger partial charge is 0.496 e. The van der Waals surface area contributed by atoms with Gasteiger partial charge in [0, 0.05) is 18.3 Å². The quantitative estimate of drug-likeness (QED) is 0.861. The van der Waals surface area contributed by atoms with Gasteiger partial charge in [0.1, 0.15) is 5.75 Å². The molecule has 0 aliphatic heterocycles. The summed E-state index contributed by atoms with van der Waals surface area (Å²) in [7, 11) is 1.73. The summed E-state index contributed by atoms with van der Waals surface area (Å²) in [6.45, 7) is 7.42. The predicted molar refractivity (Wildman–Crippen MR) is 76.4 cm³/mol. The van der Waals surface area contributed by atoms with Crippen LogP contribution in [0.2, 0.25) is 0 Å². The molecule has 0 aromatic heterocycles. The molecule has 3 heteroatoms. The average molecular weight is 248 g/mol. The van der Waals surface area contributed by atoms with Crippen molar-refractivity contribution in [3.8, 4) is 5.75 Å². The molecule has 1 aromatic rings. The van der Waals surface area contributed by atoms with Crippen molar-refractivity contribution in [2.24, 2.45) is 11.7 Å². The normalized spacial score (nSPS) is 22.5. The molecule has 1 aliphatic rings. The van der Waals surface area contributed by atoms with Gasteiger partial charge in [-0.25, -0.2) is 0 Å². The van der Waals surface area contributed by atoms with Gasteiger partial charge in [-0.2, -0.15) is 0 Å². The monoisotopic (exact) mass is 248 g/mol. The van der Waals surface area contributed by atoms with Crippen LogP contribution in [-0.2, 0) is 0 Å². The third kappa shape index (κ3) is 2.46. The molecule has 0 radical (unpaired) electrons. The molecule has 0 heterocycles. The molecule has 18 heavy (non-hydrogen) atoms. The number of anilines is 1. The molecule has 1 aromatic carbocycles. The first-order valence-corrected chi connectivity index (χ1v) is 6.67. The van der Waals surface area contributed by atoms with E-state index in [1.807, 2.05) is 0 Å². The van der Waals surface area contributed by atoms with Crippen molar-refractivity contribution in [3.05, 3.63) is 22.8 Å². The number of hydrogen-bond donors (Lipinski definition) is 2. The highest BCUT2D eigenvalue weighted by atomic mass is 16.5. The maximum Gasteiger partial charge on any atom is 0.122 e. The lowest BCUT2D eigenvalue weighted by molar-refractivity contribution is 0.280. The zero-order valence-electron chi connectivity index (χ0n) is 11.8. The van der Waals surface area contributed by atoms with Crippen LogP contribution in [0.15, 0.2) is 6.07 Å². The molecule has 2 rings (SSSR count). The Hall–Kier alpha value is -1.22. The Morgan fingerprint density at radius 1 is 1.28 bits per heavy atom. The van der Waals surface area contributed by atoms with E-state index in [0.29, 0.717) is 6.04 Å². The third-order valence-corrected chi connectivity index (χ3v) is 4.11. The summed E-state index contributed by atoms with van der Waals surface area (Å²) in [6.07, 6.45) is 2.31. The Morgan fingerprint density at radius 2 is 1.94 bits per heavy atom. The second kappa shape index (κ2) is 5.19. The van der Waals surface area contributed by atoms with E-state index in [1.165, 1.54) is 22.4 Å². The van der Waals surface area contributed by atoms with Crippen LogP contribution in [0, 0.1) is 26.7 Å². The molecule has 1 saturated carbocycles. The van der Waals surface area contributed by atoms with E-state index >= 15 is 0 Å². The number of aryl methyl sites for hydroxylation is 1. The summed E-state index contributed by atoms with van der Waals surface area (Å²) in [5, 5.41) is 3.58. The molecule has 100 valence electrons. The van der Waals surface area contributed by atoms with Crippen molar-refractivity contribution < 1.29 is 4.74 Å². The minimum Gasteiger partial charge on any atom is -0.496 e. The summed E-state index contributed by atoms with van der Waals surface area (Å²) in [4.78, 5) is 0. The molecular formula is C15H24N2O. The van der Waals surface area contributed by atoms with Crippen LogP contribution in [0.4, 0.5) is 5.69 Å². The lowest BCUT2D eigenvalue weighted by atomic mass is 9.81. The molecule has 0 unspecified atom stereocenters. The SMILES string of the molecule is COc1cc(C)c(NCC2CC(N)C2)c(C)c1C. The van der Waals surface area contributed by atoms with E-state index in [9.17, 15) is 0 Å². The highest BCUT2D eigenvalue weighted by molar-refractivity contribution is 5.63. The van der Waals surface area contributed by atoms with Crippen LogP contribution < -0.4 is 15.8 Å². The fourth-order valence-electron chi connectivity index (χ4n) is 2.73. The van der Waals surface area contributed by atoms with E-state index in [2.05, 4.69) is 32.2 Å². The van der Waals surface area contributed by atoms with E-state index in [4.69, 9.17) is 10.5 Å². The first kappa shape index (κ1) is 13.2. The second-order valence-corrected chi connectivity index (χ2v) is 5.50. The Bertz CT molecular complexity index is 437. The standard InChI is InChI=1S/C15H24N2O/c1-9-5-14(18-4)10(2)11(3)15(9)17-8-12-6-13(16)7-12/h5,12-13,17H,6-8,16H2,1-4H3. The van der Waals surface area contributed by atoms with E-state index in [1.54, 1.807) is 7.11 Å². The van der Waals surface area contributed by atoms with E-state index in [0.717, 1.165) is 31.1 Å². The van der Waals surface area contributed by atoms with Crippen LogP contribution in [-0.4, -0.2) is 19.7 Å². The van der Waals surface area contributed by atoms with Crippen LogP contribution in [0.25, 0.3) is 0 Å². The number of nitrogens with one attached hydrogen (secondary N) is 1. The molecule has 1 aliphatic carbocycles. The van der Waals surface area contributed by atoms with Gasteiger partial charge in [-0.3, -0.25) is 0 Å². The van der Waals surface area contributed by atoms with Gasteiger partial charge in [0.05, 0.1) is 7.11 Å². The van der Waals surface area contributed by atoms with Crippen LogP contribution in [0.5, 0.6) is 5.75 Å². The highest BCUT2D eigenvalue weighted by Crippen LogP contribution is 2.32. The van der Waals surface area contributed by atoms with Gasteiger partial charge in [0.15, 0.2) is 0 Å². The van der Waals surface area contributed by atoms with E-state index in [-0.39, 0.29) is 0 Å². The van der Waals surface area contributed by atoms with Crippen LogP contribution >= 0.6 is 0 Å². The first-order valence-electron chi connectivity index (χ1n) is 6.67. The summed E-state index contributed by atoms with van der Waals surface area (Å²) in [5.41, 5.74) is 10.8. The van der Waals surface area contributed by atoms with Gasteiger partial charge in [-0.1, -0.05) is 0 Å². The molecule has 0 atom stereocenters.